The Labute approximate surface area is 166 Å². The molecule has 0 spiro atoms. The molecule has 1 heterocycles. The number of nitrogens with zero attached hydrogens (tertiary/aromatic N) is 2. The number of methoxy groups -OCH3 is 1. The third-order valence-electron chi connectivity index (χ3n) is 4.62. The highest BCUT2D eigenvalue weighted by Gasteiger charge is 2.36. The minimum absolute atomic E-state index is 0.0152. The number of carbonyl (C=O) groups is 2. The Morgan fingerprint density at radius 2 is 2.07 bits per heavy atom. The predicted molar refractivity (Wildman–Crippen MR) is 105 cm³/mol. The van der Waals surface area contributed by atoms with Gasteiger partial charge in [0.15, 0.2) is 0 Å². The van der Waals surface area contributed by atoms with Crippen molar-refractivity contribution in [2.45, 2.75) is 13.3 Å². The van der Waals surface area contributed by atoms with E-state index in [1.54, 1.807) is 18.2 Å². The van der Waals surface area contributed by atoms with E-state index in [-0.39, 0.29) is 30.2 Å². The van der Waals surface area contributed by atoms with E-state index in [0.717, 1.165) is 5.56 Å². The number of carbonyl (C=O) groups excluding carboxylic acids is 2. The van der Waals surface area contributed by atoms with Crippen LogP contribution in [0.2, 0.25) is 5.02 Å². The first-order valence-corrected chi connectivity index (χ1v) is 8.87. The fourth-order valence-corrected chi connectivity index (χ4v) is 3.19. The van der Waals surface area contributed by atoms with Crippen molar-refractivity contribution in [2.24, 2.45) is 5.92 Å². The number of amides is 2. The number of hydrogen-bond acceptors (Lipinski definition) is 5. The molecule has 28 heavy (non-hydrogen) atoms. The molecule has 0 radical (unpaired) electrons. The summed E-state index contributed by atoms with van der Waals surface area (Å²) in [6, 6.07) is 9.42. The molecule has 146 valence electrons. The van der Waals surface area contributed by atoms with Crippen LogP contribution in [0.3, 0.4) is 0 Å². The molecule has 1 fully saturated rings. The molecule has 0 aliphatic carbocycles. The monoisotopic (exact) mass is 403 g/mol. The second-order valence-corrected chi connectivity index (χ2v) is 6.88. The molecule has 2 amide bonds. The molecular weight excluding hydrogens is 386 g/mol. The number of rotatable bonds is 5. The predicted octanol–water partition coefficient (Wildman–Crippen LogP) is 3.56. The van der Waals surface area contributed by atoms with Gasteiger partial charge in [-0.15, -0.1) is 0 Å². The summed E-state index contributed by atoms with van der Waals surface area (Å²) in [5, 5.41) is 14.4. The van der Waals surface area contributed by atoms with Crippen molar-refractivity contribution in [1.29, 1.82) is 0 Å². The minimum atomic E-state index is -0.630. The molecule has 1 saturated heterocycles. The first-order valence-electron chi connectivity index (χ1n) is 8.50. The lowest BCUT2D eigenvalue weighted by Crippen LogP contribution is -2.28. The van der Waals surface area contributed by atoms with Crippen molar-refractivity contribution in [3.8, 4) is 5.75 Å². The standard InChI is InChI=1S/C19H18ClN3O5/c1-11-3-4-13(8-15(11)20)22-10-12(7-18(22)24)19(25)21-16-6-5-14(28-2)9-17(16)23(26)27/h3-6,8-9,12H,7,10H2,1-2H3,(H,21,25)/t12-/m0/s1. The van der Waals surface area contributed by atoms with Gasteiger partial charge in [0.05, 0.1) is 24.0 Å². The van der Waals surface area contributed by atoms with Crippen LogP contribution in [0.15, 0.2) is 36.4 Å². The van der Waals surface area contributed by atoms with Gasteiger partial charge in [-0.2, -0.15) is 0 Å². The van der Waals surface area contributed by atoms with E-state index in [4.69, 9.17) is 16.3 Å². The quantitative estimate of drug-likeness (QED) is 0.607. The van der Waals surface area contributed by atoms with E-state index >= 15 is 0 Å². The first-order chi connectivity index (χ1) is 13.3. The molecule has 0 aromatic heterocycles. The van der Waals surface area contributed by atoms with Crippen molar-refractivity contribution < 1.29 is 19.2 Å². The molecule has 3 rings (SSSR count). The Morgan fingerprint density at radius 3 is 2.71 bits per heavy atom. The zero-order chi connectivity index (χ0) is 20.4. The maximum absolute atomic E-state index is 12.6. The lowest BCUT2D eigenvalue weighted by atomic mass is 10.1. The molecular formula is C19H18ClN3O5. The van der Waals surface area contributed by atoms with Gasteiger partial charge in [-0.3, -0.25) is 19.7 Å². The molecule has 1 aliphatic rings. The van der Waals surface area contributed by atoms with Gasteiger partial charge in [-0.25, -0.2) is 0 Å². The molecule has 1 N–H and O–H groups in total. The minimum Gasteiger partial charge on any atom is -0.496 e. The number of nitro groups is 1. The number of halogens is 1. The van der Waals surface area contributed by atoms with Crippen LogP contribution in [0.4, 0.5) is 17.1 Å². The van der Waals surface area contributed by atoms with Crippen molar-refractivity contribution in [2.75, 3.05) is 23.9 Å². The maximum atomic E-state index is 12.6. The summed E-state index contributed by atoms with van der Waals surface area (Å²) in [5.41, 5.74) is 1.28. The Kier molecular flexibility index (Phi) is 5.51. The van der Waals surface area contributed by atoms with Crippen LogP contribution in [0.5, 0.6) is 5.75 Å². The molecule has 8 nitrogen and oxygen atoms in total. The van der Waals surface area contributed by atoms with E-state index in [0.29, 0.717) is 16.5 Å². The third-order valence-corrected chi connectivity index (χ3v) is 5.03. The fraction of sp³-hybridized carbons (Fsp3) is 0.263. The Morgan fingerprint density at radius 1 is 1.32 bits per heavy atom. The lowest BCUT2D eigenvalue weighted by Gasteiger charge is -2.17. The molecule has 2 aromatic carbocycles. The van der Waals surface area contributed by atoms with Crippen LogP contribution in [0.25, 0.3) is 0 Å². The van der Waals surface area contributed by atoms with Gasteiger partial charge in [0.2, 0.25) is 11.8 Å². The molecule has 2 aromatic rings. The molecule has 0 unspecified atom stereocenters. The molecule has 1 atom stereocenters. The van der Waals surface area contributed by atoms with Crippen molar-refractivity contribution >= 4 is 40.5 Å². The number of ether oxygens (including phenoxy) is 1. The van der Waals surface area contributed by atoms with Gasteiger partial charge in [0, 0.05) is 23.7 Å². The van der Waals surface area contributed by atoms with Crippen LogP contribution >= 0.6 is 11.6 Å². The normalized spacial score (nSPS) is 16.2. The second kappa shape index (κ2) is 7.85. The summed E-state index contributed by atoms with van der Waals surface area (Å²) in [5.74, 6) is -0.982. The highest BCUT2D eigenvalue weighted by molar-refractivity contribution is 6.31. The maximum Gasteiger partial charge on any atom is 0.296 e. The Bertz CT molecular complexity index is 963. The van der Waals surface area contributed by atoms with Gasteiger partial charge in [-0.1, -0.05) is 17.7 Å². The van der Waals surface area contributed by atoms with Gasteiger partial charge in [0.1, 0.15) is 11.4 Å². The second-order valence-electron chi connectivity index (χ2n) is 6.47. The van der Waals surface area contributed by atoms with E-state index in [2.05, 4.69) is 5.32 Å². The van der Waals surface area contributed by atoms with Crippen LogP contribution in [-0.2, 0) is 9.59 Å². The highest BCUT2D eigenvalue weighted by Crippen LogP contribution is 2.32. The van der Waals surface area contributed by atoms with Gasteiger partial charge >= 0.3 is 0 Å². The van der Waals surface area contributed by atoms with Crippen molar-refractivity contribution in [1.82, 2.24) is 0 Å². The summed E-state index contributed by atoms with van der Waals surface area (Å²) in [6.07, 6.45) is 0.0152. The van der Waals surface area contributed by atoms with Gasteiger partial charge in [-0.05, 0) is 36.8 Å². The van der Waals surface area contributed by atoms with Crippen LogP contribution in [0, 0.1) is 23.0 Å². The van der Waals surface area contributed by atoms with E-state index in [1.807, 2.05) is 6.92 Å². The first kappa shape index (κ1) is 19.6. The van der Waals surface area contributed by atoms with Crippen molar-refractivity contribution in [3.63, 3.8) is 0 Å². The molecule has 1 aliphatic heterocycles. The smallest absolute Gasteiger partial charge is 0.296 e. The van der Waals surface area contributed by atoms with Crippen LogP contribution in [-0.4, -0.2) is 30.4 Å². The van der Waals surface area contributed by atoms with E-state index in [1.165, 1.54) is 30.2 Å². The number of nitro benzene ring substituents is 1. The number of nitrogens with one attached hydrogen (secondary N) is 1. The van der Waals surface area contributed by atoms with Crippen LogP contribution < -0.4 is 15.0 Å². The zero-order valence-electron chi connectivity index (χ0n) is 15.3. The SMILES string of the molecule is COc1ccc(NC(=O)[C@H]2CC(=O)N(c3ccc(C)c(Cl)c3)C2)c([N+](=O)[O-])c1. The Balaban J connectivity index is 1.76. The highest BCUT2D eigenvalue weighted by atomic mass is 35.5. The third kappa shape index (κ3) is 3.91. The summed E-state index contributed by atoms with van der Waals surface area (Å²) < 4.78 is 4.98. The summed E-state index contributed by atoms with van der Waals surface area (Å²) in [7, 11) is 1.40. The summed E-state index contributed by atoms with van der Waals surface area (Å²) >= 11 is 6.13. The topological polar surface area (TPSA) is 102 Å². The lowest BCUT2D eigenvalue weighted by molar-refractivity contribution is -0.384. The van der Waals surface area contributed by atoms with E-state index in [9.17, 15) is 19.7 Å². The average Bonchev–Trinajstić information content (AvgIpc) is 3.06. The van der Waals surface area contributed by atoms with Crippen LogP contribution in [0.1, 0.15) is 12.0 Å². The number of anilines is 2. The number of hydrogen-bond donors (Lipinski definition) is 1. The molecule has 0 saturated carbocycles. The average molecular weight is 404 g/mol. The summed E-state index contributed by atoms with van der Waals surface area (Å²) in [4.78, 5) is 37.2. The van der Waals surface area contributed by atoms with Gasteiger partial charge < -0.3 is 15.0 Å². The number of benzene rings is 2. The number of aryl methyl sites for hydroxylation is 1. The fourth-order valence-electron chi connectivity index (χ4n) is 3.01. The molecule has 9 heteroatoms. The molecule has 0 bridgehead atoms. The van der Waals surface area contributed by atoms with E-state index < -0.39 is 16.7 Å². The summed E-state index contributed by atoms with van der Waals surface area (Å²) in [6.45, 7) is 2.03. The largest absolute Gasteiger partial charge is 0.496 e. The van der Waals surface area contributed by atoms with Crippen molar-refractivity contribution in [3.05, 3.63) is 57.1 Å². The van der Waals surface area contributed by atoms with Gasteiger partial charge in [0.25, 0.3) is 5.69 Å². The Hall–Kier alpha value is -3.13. The zero-order valence-corrected chi connectivity index (χ0v) is 16.0.